The summed E-state index contributed by atoms with van der Waals surface area (Å²) in [5.41, 5.74) is 2.25. The van der Waals surface area contributed by atoms with E-state index in [1.807, 2.05) is 11.8 Å². The zero-order valence-electron chi connectivity index (χ0n) is 11.2. The number of fused-ring (bicyclic) bond motifs is 1. The molecule has 104 valence electrons. The van der Waals surface area contributed by atoms with Crippen LogP contribution in [0.3, 0.4) is 0 Å². The first kappa shape index (κ1) is 15.4. The number of hydrogen-bond donors (Lipinski definition) is 0. The van der Waals surface area contributed by atoms with Gasteiger partial charge in [0.2, 0.25) is 0 Å². The molecule has 0 saturated carbocycles. The molecule has 2 aromatic rings. The third-order valence-electron chi connectivity index (χ3n) is 3.17. The van der Waals surface area contributed by atoms with Crippen molar-refractivity contribution in [3.63, 3.8) is 0 Å². The van der Waals surface area contributed by atoms with Crippen molar-refractivity contribution in [2.24, 2.45) is 0 Å². The average Bonchev–Trinajstić information content (AvgIpc) is 2.76. The van der Waals surface area contributed by atoms with Crippen molar-refractivity contribution in [3.05, 3.63) is 27.6 Å². The summed E-state index contributed by atoms with van der Waals surface area (Å²) in [4.78, 5) is 4.66. The van der Waals surface area contributed by atoms with Crippen molar-refractivity contribution in [1.29, 1.82) is 0 Å². The fourth-order valence-corrected chi connectivity index (χ4v) is 3.69. The van der Waals surface area contributed by atoms with Gasteiger partial charge in [0, 0.05) is 9.61 Å². The second-order valence-corrected chi connectivity index (χ2v) is 7.41. The molecular formula is C14H18ClIN2S. The van der Waals surface area contributed by atoms with Gasteiger partial charge < -0.3 is 4.57 Å². The molecule has 1 aromatic carbocycles. The smallest absolute Gasteiger partial charge is 0.125 e. The molecule has 0 aliphatic carbocycles. The van der Waals surface area contributed by atoms with Crippen LogP contribution in [-0.4, -0.2) is 21.1 Å². The summed E-state index contributed by atoms with van der Waals surface area (Å²) >= 11 is 10.4. The van der Waals surface area contributed by atoms with Crippen LogP contribution >= 0.6 is 46.0 Å². The van der Waals surface area contributed by atoms with E-state index in [9.17, 15) is 0 Å². The Morgan fingerprint density at radius 3 is 2.95 bits per heavy atom. The zero-order valence-corrected chi connectivity index (χ0v) is 14.9. The number of nitrogens with zero attached hydrogens (tertiary/aromatic N) is 2. The lowest BCUT2D eigenvalue weighted by atomic mass is 10.2. The van der Waals surface area contributed by atoms with E-state index in [0.29, 0.717) is 11.9 Å². The number of alkyl halides is 1. The molecule has 0 aliphatic rings. The molecule has 1 aromatic heterocycles. The summed E-state index contributed by atoms with van der Waals surface area (Å²) in [6, 6.07) is 6.85. The van der Waals surface area contributed by atoms with E-state index in [4.69, 9.17) is 11.6 Å². The first-order valence-corrected chi connectivity index (χ1v) is 9.24. The van der Waals surface area contributed by atoms with Crippen molar-refractivity contribution in [3.8, 4) is 0 Å². The summed E-state index contributed by atoms with van der Waals surface area (Å²) < 4.78 is 3.51. The van der Waals surface area contributed by atoms with Gasteiger partial charge in [0.15, 0.2) is 0 Å². The molecule has 5 heteroatoms. The first-order valence-electron chi connectivity index (χ1n) is 6.47. The highest BCUT2D eigenvalue weighted by atomic mass is 127. The second kappa shape index (κ2) is 7.18. The van der Waals surface area contributed by atoms with E-state index >= 15 is 0 Å². The Hall–Kier alpha value is 0.0600. The number of aromatic nitrogens is 2. The minimum atomic E-state index is 0.442. The molecule has 2 rings (SSSR count). The molecule has 2 nitrogen and oxygen atoms in total. The molecule has 0 radical (unpaired) electrons. The lowest BCUT2D eigenvalue weighted by Gasteiger charge is -2.16. The Morgan fingerprint density at radius 2 is 2.26 bits per heavy atom. The lowest BCUT2D eigenvalue weighted by molar-refractivity contribution is 0.534. The van der Waals surface area contributed by atoms with Gasteiger partial charge in [-0.15, -0.1) is 11.6 Å². The Morgan fingerprint density at radius 1 is 1.47 bits per heavy atom. The van der Waals surface area contributed by atoms with Crippen LogP contribution in [0.5, 0.6) is 0 Å². The summed E-state index contributed by atoms with van der Waals surface area (Å²) in [7, 11) is 0. The molecule has 1 unspecified atom stereocenters. The molecule has 0 N–H and O–H groups in total. The number of hydrogen-bond acceptors (Lipinski definition) is 2. The summed E-state index contributed by atoms with van der Waals surface area (Å²) in [6.07, 6.45) is 1.15. The lowest BCUT2D eigenvalue weighted by Crippen LogP contribution is -2.09. The minimum absolute atomic E-state index is 0.442. The van der Waals surface area contributed by atoms with E-state index in [1.165, 1.54) is 20.6 Å². The van der Waals surface area contributed by atoms with E-state index in [-0.39, 0.29) is 0 Å². The summed E-state index contributed by atoms with van der Waals surface area (Å²) in [5.74, 6) is 3.81. The number of thioether (sulfide) groups is 1. The van der Waals surface area contributed by atoms with E-state index in [1.54, 1.807) is 0 Å². The van der Waals surface area contributed by atoms with Gasteiger partial charge in [0.25, 0.3) is 0 Å². The molecule has 1 heterocycles. The van der Waals surface area contributed by atoms with Crippen molar-refractivity contribution in [2.45, 2.75) is 32.2 Å². The predicted molar refractivity (Wildman–Crippen MR) is 94.3 cm³/mol. The fourth-order valence-electron chi connectivity index (χ4n) is 2.24. The molecule has 0 saturated heterocycles. The number of imidazole rings is 1. The van der Waals surface area contributed by atoms with Gasteiger partial charge in [-0.3, -0.25) is 0 Å². The van der Waals surface area contributed by atoms with Crippen LogP contribution in [0.15, 0.2) is 18.2 Å². The minimum Gasteiger partial charge on any atom is -0.324 e. The molecule has 0 fully saturated rings. The van der Waals surface area contributed by atoms with E-state index in [2.05, 4.69) is 64.2 Å². The highest BCUT2D eigenvalue weighted by Crippen LogP contribution is 2.26. The molecule has 0 aliphatic heterocycles. The van der Waals surface area contributed by atoms with E-state index in [0.717, 1.165) is 17.8 Å². The highest BCUT2D eigenvalue weighted by Gasteiger charge is 2.15. The Kier molecular flexibility index (Phi) is 5.84. The van der Waals surface area contributed by atoms with Crippen LogP contribution in [0.2, 0.25) is 0 Å². The van der Waals surface area contributed by atoms with Gasteiger partial charge in [0.1, 0.15) is 5.82 Å². The largest absolute Gasteiger partial charge is 0.324 e. The summed E-state index contributed by atoms with van der Waals surface area (Å²) in [5, 5.41) is 0. The van der Waals surface area contributed by atoms with Crippen LogP contribution in [0.25, 0.3) is 11.0 Å². The molecular weight excluding hydrogens is 391 g/mol. The van der Waals surface area contributed by atoms with Gasteiger partial charge in [-0.25, -0.2) is 4.98 Å². The fraction of sp³-hybridized carbons (Fsp3) is 0.500. The molecule has 19 heavy (non-hydrogen) atoms. The summed E-state index contributed by atoms with van der Waals surface area (Å²) in [6.45, 7) is 4.46. The molecule has 0 spiro atoms. The number of halogens is 2. The monoisotopic (exact) mass is 408 g/mol. The normalized spacial score (nSPS) is 13.1. The third kappa shape index (κ3) is 3.58. The third-order valence-corrected chi connectivity index (χ3v) is 5.01. The molecule has 0 amide bonds. The number of benzene rings is 1. The van der Waals surface area contributed by atoms with E-state index < -0.39 is 0 Å². The van der Waals surface area contributed by atoms with Gasteiger partial charge in [0.05, 0.1) is 16.9 Å². The van der Waals surface area contributed by atoms with Crippen molar-refractivity contribution >= 4 is 57.0 Å². The highest BCUT2D eigenvalue weighted by molar-refractivity contribution is 14.1. The topological polar surface area (TPSA) is 17.8 Å². The van der Waals surface area contributed by atoms with Crippen LogP contribution in [0.4, 0.5) is 0 Å². The maximum Gasteiger partial charge on any atom is 0.125 e. The standard InChI is InChI=1S/C14H18ClIN2S/c1-3-19-7-6-10(2)18-13-5-4-11(16)8-12(13)17-14(18)9-15/h4-5,8,10H,3,6-7,9H2,1-2H3. The maximum atomic E-state index is 6.06. The SMILES string of the molecule is CCSCCC(C)n1c(CCl)nc2cc(I)ccc21. The van der Waals surface area contributed by atoms with Crippen LogP contribution in [0, 0.1) is 3.57 Å². The molecule has 1 atom stereocenters. The number of rotatable bonds is 6. The van der Waals surface area contributed by atoms with Gasteiger partial charge >= 0.3 is 0 Å². The Bertz CT molecular complexity index is 556. The van der Waals surface area contributed by atoms with Gasteiger partial charge in [-0.05, 0) is 65.6 Å². The van der Waals surface area contributed by atoms with Crippen molar-refractivity contribution < 1.29 is 0 Å². The maximum absolute atomic E-state index is 6.06. The van der Waals surface area contributed by atoms with Crippen LogP contribution < -0.4 is 0 Å². The molecule has 0 bridgehead atoms. The van der Waals surface area contributed by atoms with Gasteiger partial charge in [-0.1, -0.05) is 6.92 Å². The van der Waals surface area contributed by atoms with Crippen LogP contribution in [-0.2, 0) is 5.88 Å². The van der Waals surface area contributed by atoms with Crippen molar-refractivity contribution in [2.75, 3.05) is 11.5 Å². The average molecular weight is 409 g/mol. The van der Waals surface area contributed by atoms with Crippen LogP contribution in [0.1, 0.15) is 32.1 Å². The van der Waals surface area contributed by atoms with Crippen molar-refractivity contribution in [1.82, 2.24) is 9.55 Å². The predicted octanol–water partition coefficient (Wildman–Crippen LogP) is 5.08. The first-order chi connectivity index (χ1) is 9.17. The zero-order chi connectivity index (χ0) is 13.8. The van der Waals surface area contributed by atoms with Gasteiger partial charge in [-0.2, -0.15) is 11.8 Å². The quantitative estimate of drug-likeness (QED) is 0.377. The Balaban J connectivity index is 2.34. The second-order valence-electron chi connectivity index (χ2n) is 4.50. The Labute approximate surface area is 137 Å².